The van der Waals surface area contributed by atoms with Gasteiger partial charge >= 0.3 is 0 Å². The molecule has 3 nitrogen and oxygen atoms in total. The molecule has 15 heavy (non-hydrogen) atoms. The lowest BCUT2D eigenvalue weighted by Gasteiger charge is -2.39. The van der Waals surface area contributed by atoms with E-state index in [0.29, 0.717) is 0 Å². The van der Waals surface area contributed by atoms with Crippen LogP contribution in [0.5, 0.6) is 0 Å². The Kier molecular flexibility index (Phi) is 4.42. The molecule has 0 aromatic rings. The standard InChI is InChI=1S/C12H23NO2/c1-14-7-5-13-12-3-2-11-9-15-6-4-10(11)8-12/h10-13H,2-9H2,1H3. The summed E-state index contributed by atoms with van der Waals surface area (Å²) in [5.41, 5.74) is 0. The summed E-state index contributed by atoms with van der Waals surface area (Å²) in [5, 5.41) is 3.59. The van der Waals surface area contributed by atoms with Crippen molar-refractivity contribution in [3.63, 3.8) is 0 Å². The van der Waals surface area contributed by atoms with Crippen LogP contribution in [0.1, 0.15) is 25.7 Å². The zero-order valence-electron chi connectivity index (χ0n) is 9.71. The molecule has 88 valence electrons. The molecule has 2 rings (SSSR count). The van der Waals surface area contributed by atoms with E-state index >= 15 is 0 Å². The molecule has 0 radical (unpaired) electrons. The van der Waals surface area contributed by atoms with Gasteiger partial charge in [0.25, 0.3) is 0 Å². The minimum Gasteiger partial charge on any atom is -0.383 e. The third-order valence-electron chi connectivity index (χ3n) is 3.84. The fraction of sp³-hybridized carbons (Fsp3) is 1.00. The lowest BCUT2D eigenvalue weighted by atomic mass is 9.75. The van der Waals surface area contributed by atoms with Gasteiger partial charge in [0.2, 0.25) is 0 Å². The van der Waals surface area contributed by atoms with Crippen molar-refractivity contribution < 1.29 is 9.47 Å². The second-order valence-electron chi connectivity index (χ2n) is 4.84. The molecule has 3 atom stereocenters. The molecule has 1 N–H and O–H groups in total. The van der Waals surface area contributed by atoms with Crippen LogP contribution in [0, 0.1) is 11.8 Å². The first kappa shape index (κ1) is 11.4. The molecule has 0 aromatic heterocycles. The van der Waals surface area contributed by atoms with E-state index in [4.69, 9.17) is 9.47 Å². The van der Waals surface area contributed by atoms with Crippen molar-refractivity contribution in [1.82, 2.24) is 5.32 Å². The van der Waals surface area contributed by atoms with Crippen molar-refractivity contribution >= 4 is 0 Å². The lowest BCUT2D eigenvalue weighted by Crippen LogP contribution is -2.42. The van der Waals surface area contributed by atoms with Crippen molar-refractivity contribution in [3.8, 4) is 0 Å². The van der Waals surface area contributed by atoms with Gasteiger partial charge in [0.15, 0.2) is 0 Å². The van der Waals surface area contributed by atoms with Crippen molar-refractivity contribution in [2.45, 2.75) is 31.7 Å². The highest BCUT2D eigenvalue weighted by atomic mass is 16.5. The van der Waals surface area contributed by atoms with E-state index in [1.807, 2.05) is 0 Å². The summed E-state index contributed by atoms with van der Waals surface area (Å²) in [6.07, 6.45) is 5.27. The van der Waals surface area contributed by atoms with Gasteiger partial charge in [-0.3, -0.25) is 0 Å². The van der Waals surface area contributed by atoms with Crippen molar-refractivity contribution in [2.75, 3.05) is 33.5 Å². The van der Waals surface area contributed by atoms with E-state index in [-0.39, 0.29) is 0 Å². The third-order valence-corrected chi connectivity index (χ3v) is 3.84. The molecule has 0 amide bonds. The van der Waals surface area contributed by atoms with E-state index in [0.717, 1.165) is 44.2 Å². The first-order valence-corrected chi connectivity index (χ1v) is 6.20. The summed E-state index contributed by atoms with van der Waals surface area (Å²) in [6.45, 7) is 3.81. The van der Waals surface area contributed by atoms with Gasteiger partial charge in [-0.15, -0.1) is 0 Å². The Morgan fingerprint density at radius 3 is 3.07 bits per heavy atom. The molecular formula is C12H23NO2. The Bertz CT molecular complexity index is 184. The van der Waals surface area contributed by atoms with Crippen LogP contribution in [0.3, 0.4) is 0 Å². The average Bonchev–Trinajstić information content (AvgIpc) is 2.29. The maximum atomic E-state index is 5.53. The molecule has 0 aromatic carbocycles. The SMILES string of the molecule is COCCNC1CCC2COCCC2C1. The van der Waals surface area contributed by atoms with Gasteiger partial charge in [-0.05, 0) is 37.5 Å². The minimum atomic E-state index is 0.722. The smallest absolute Gasteiger partial charge is 0.0587 e. The molecule has 1 heterocycles. The van der Waals surface area contributed by atoms with Crippen LogP contribution in [0.25, 0.3) is 0 Å². The largest absolute Gasteiger partial charge is 0.383 e. The van der Waals surface area contributed by atoms with Crippen molar-refractivity contribution in [3.05, 3.63) is 0 Å². The van der Waals surface area contributed by atoms with E-state index in [2.05, 4.69) is 5.32 Å². The predicted octanol–water partition coefficient (Wildman–Crippen LogP) is 1.43. The maximum absolute atomic E-state index is 5.53. The number of hydrogen-bond donors (Lipinski definition) is 1. The molecule has 3 heteroatoms. The Morgan fingerprint density at radius 2 is 2.20 bits per heavy atom. The van der Waals surface area contributed by atoms with E-state index < -0.39 is 0 Å². The molecule has 1 aliphatic carbocycles. The van der Waals surface area contributed by atoms with Crippen LogP contribution in [0.4, 0.5) is 0 Å². The lowest BCUT2D eigenvalue weighted by molar-refractivity contribution is -0.00822. The molecule has 1 saturated carbocycles. The van der Waals surface area contributed by atoms with Gasteiger partial charge in [0.05, 0.1) is 6.61 Å². The zero-order chi connectivity index (χ0) is 10.5. The Labute approximate surface area is 92.5 Å². The average molecular weight is 213 g/mol. The number of nitrogens with one attached hydrogen (secondary N) is 1. The summed E-state index contributed by atoms with van der Waals surface area (Å²) < 4.78 is 10.6. The van der Waals surface area contributed by atoms with E-state index in [9.17, 15) is 0 Å². The first-order chi connectivity index (χ1) is 7.40. The highest BCUT2D eigenvalue weighted by molar-refractivity contribution is 4.85. The summed E-state index contributed by atoms with van der Waals surface area (Å²) >= 11 is 0. The highest BCUT2D eigenvalue weighted by Crippen LogP contribution is 2.35. The Hall–Kier alpha value is -0.120. The predicted molar refractivity (Wildman–Crippen MR) is 59.9 cm³/mol. The van der Waals surface area contributed by atoms with Crippen LogP contribution < -0.4 is 5.32 Å². The number of rotatable bonds is 4. The summed E-state index contributed by atoms with van der Waals surface area (Å²) in [5.74, 6) is 1.76. The van der Waals surface area contributed by atoms with Gasteiger partial charge in [-0.2, -0.15) is 0 Å². The molecule has 0 bridgehead atoms. The van der Waals surface area contributed by atoms with Crippen LogP contribution in [0.2, 0.25) is 0 Å². The second-order valence-corrected chi connectivity index (χ2v) is 4.84. The third kappa shape index (κ3) is 3.16. The highest BCUT2D eigenvalue weighted by Gasteiger charge is 2.32. The fourth-order valence-corrected chi connectivity index (χ4v) is 2.92. The number of fused-ring (bicyclic) bond motifs is 1. The fourth-order valence-electron chi connectivity index (χ4n) is 2.92. The van der Waals surface area contributed by atoms with Crippen LogP contribution in [0.15, 0.2) is 0 Å². The molecule has 2 aliphatic rings. The van der Waals surface area contributed by atoms with E-state index in [1.165, 1.54) is 25.7 Å². The van der Waals surface area contributed by atoms with Crippen molar-refractivity contribution in [2.24, 2.45) is 11.8 Å². The summed E-state index contributed by atoms with van der Waals surface area (Å²) in [4.78, 5) is 0. The van der Waals surface area contributed by atoms with Crippen LogP contribution in [-0.4, -0.2) is 39.5 Å². The maximum Gasteiger partial charge on any atom is 0.0587 e. The molecule has 0 spiro atoms. The van der Waals surface area contributed by atoms with Gasteiger partial charge in [0, 0.05) is 32.9 Å². The van der Waals surface area contributed by atoms with E-state index in [1.54, 1.807) is 7.11 Å². The molecule has 2 fully saturated rings. The monoisotopic (exact) mass is 213 g/mol. The molecule has 1 aliphatic heterocycles. The number of methoxy groups -OCH3 is 1. The molecule has 3 unspecified atom stereocenters. The molecule has 1 saturated heterocycles. The first-order valence-electron chi connectivity index (χ1n) is 6.20. The number of ether oxygens (including phenoxy) is 2. The molecular weight excluding hydrogens is 190 g/mol. The summed E-state index contributed by atoms with van der Waals surface area (Å²) in [6, 6.07) is 0.722. The zero-order valence-corrected chi connectivity index (χ0v) is 9.71. The minimum absolute atomic E-state index is 0.722. The number of hydrogen-bond acceptors (Lipinski definition) is 3. The van der Waals surface area contributed by atoms with Crippen LogP contribution >= 0.6 is 0 Å². The second kappa shape index (κ2) is 5.83. The Morgan fingerprint density at radius 1 is 1.27 bits per heavy atom. The van der Waals surface area contributed by atoms with Gasteiger partial charge in [-0.25, -0.2) is 0 Å². The van der Waals surface area contributed by atoms with Gasteiger partial charge in [-0.1, -0.05) is 0 Å². The topological polar surface area (TPSA) is 30.5 Å². The normalized spacial score (nSPS) is 36.2. The Balaban J connectivity index is 1.71. The van der Waals surface area contributed by atoms with Crippen molar-refractivity contribution in [1.29, 1.82) is 0 Å². The quantitative estimate of drug-likeness (QED) is 0.717. The van der Waals surface area contributed by atoms with Crippen LogP contribution in [-0.2, 0) is 9.47 Å². The summed E-state index contributed by atoms with van der Waals surface area (Å²) in [7, 11) is 1.76. The van der Waals surface area contributed by atoms with Gasteiger partial charge in [0.1, 0.15) is 0 Å². The van der Waals surface area contributed by atoms with Gasteiger partial charge < -0.3 is 14.8 Å².